The molecule has 0 unspecified atom stereocenters. The summed E-state index contributed by atoms with van der Waals surface area (Å²) >= 11 is 0. The van der Waals surface area contributed by atoms with Crippen molar-refractivity contribution in [1.29, 1.82) is 0 Å². The number of rotatable bonds is 7. The second kappa shape index (κ2) is 10.3. The minimum absolute atomic E-state index is 0.0797. The lowest BCUT2D eigenvalue weighted by Crippen LogP contribution is -2.15. The van der Waals surface area contributed by atoms with Crippen LogP contribution in [0, 0.1) is 17.5 Å². The monoisotopic (exact) mass is 496 g/mol. The molecule has 1 aromatic heterocycles. The van der Waals surface area contributed by atoms with Crippen molar-refractivity contribution in [3.8, 4) is 22.7 Å². The highest BCUT2D eigenvalue weighted by Crippen LogP contribution is 2.32. The van der Waals surface area contributed by atoms with Crippen LogP contribution in [-0.4, -0.2) is 35.9 Å². The average Bonchev–Trinajstić information content (AvgIpc) is 3.31. The Morgan fingerprint density at radius 3 is 2.19 bits per heavy atom. The van der Waals surface area contributed by atoms with Gasteiger partial charge >= 0.3 is 11.9 Å². The van der Waals surface area contributed by atoms with Crippen LogP contribution in [0.2, 0.25) is 0 Å². The molecule has 4 rings (SSSR count). The van der Waals surface area contributed by atoms with Gasteiger partial charge in [-0.2, -0.15) is 9.49 Å². The third-order valence-corrected chi connectivity index (χ3v) is 5.31. The molecule has 36 heavy (non-hydrogen) atoms. The SMILES string of the molecule is COC(=O)c1c(-c2ccccc2COc2ccc(F)c(F)c2F)nn(-c2ccccc2)c1C(=O)OC. The van der Waals surface area contributed by atoms with Gasteiger partial charge in [-0.3, -0.25) is 0 Å². The fourth-order valence-corrected chi connectivity index (χ4v) is 3.60. The van der Waals surface area contributed by atoms with Gasteiger partial charge in [0.1, 0.15) is 17.9 Å². The number of esters is 2. The van der Waals surface area contributed by atoms with Gasteiger partial charge in [-0.1, -0.05) is 42.5 Å². The van der Waals surface area contributed by atoms with Crippen molar-refractivity contribution in [2.75, 3.05) is 14.2 Å². The number of nitrogens with zero attached hydrogens (tertiary/aromatic N) is 2. The van der Waals surface area contributed by atoms with Crippen LogP contribution in [0.15, 0.2) is 66.7 Å². The fraction of sp³-hybridized carbons (Fsp3) is 0.115. The summed E-state index contributed by atoms with van der Waals surface area (Å²) in [5.41, 5.74) is 1.03. The van der Waals surface area contributed by atoms with Crippen molar-refractivity contribution < 1.29 is 37.0 Å². The highest BCUT2D eigenvalue weighted by molar-refractivity contribution is 6.07. The normalized spacial score (nSPS) is 10.7. The molecule has 0 aliphatic heterocycles. The Kier molecular flexibility index (Phi) is 7.05. The zero-order valence-corrected chi connectivity index (χ0v) is 19.1. The highest BCUT2D eigenvalue weighted by Gasteiger charge is 2.32. The summed E-state index contributed by atoms with van der Waals surface area (Å²) in [5, 5.41) is 4.52. The van der Waals surface area contributed by atoms with E-state index in [1.165, 1.54) is 11.8 Å². The standard InChI is InChI=1S/C26H19F3N2O5/c1-34-25(32)20-23(30-31(24(20)26(33)35-2)16-9-4-3-5-10-16)17-11-7-6-8-15(17)14-36-19-13-12-18(27)21(28)22(19)29/h3-13H,14H2,1-2H3. The van der Waals surface area contributed by atoms with Gasteiger partial charge in [0, 0.05) is 5.56 Å². The molecule has 1 heterocycles. The number of carbonyl (C=O) groups is 2. The molecule has 0 N–H and O–H groups in total. The summed E-state index contributed by atoms with van der Waals surface area (Å²) in [6.45, 7) is -0.287. The maximum atomic E-state index is 14.1. The minimum Gasteiger partial charge on any atom is -0.486 e. The third-order valence-electron chi connectivity index (χ3n) is 5.31. The number of benzene rings is 3. The maximum absolute atomic E-state index is 14.1. The molecule has 3 aromatic carbocycles. The van der Waals surface area contributed by atoms with E-state index in [9.17, 15) is 22.8 Å². The number of hydrogen-bond acceptors (Lipinski definition) is 6. The molecule has 4 aromatic rings. The lowest BCUT2D eigenvalue weighted by Gasteiger charge is -2.12. The van der Waals surface area contributed by atoms with Gasteiger partial charge in [0.05, 0.1) is 19.9 Å². The second-order valence-corrected chi connectivity index (χ2v) is 7.42. The smallest absolute Gasteiger partial charge is 0.357 e. The van der Waals surface area contributed by atoms with Crippen molar-refractivity contribution in [3.05, 3.63) is 101 Å². The molecule has 0 saturated carbocycles. The topological polar surface area (TPSA) is 79.7 Å². The lowest BCUT2D eigenvalue weighted by atomic mass is 10.0. The molecule has 0 amide bonds. The van der Waals surface area contributed by atoms with Crippen LogP contribution in [0.5, 0.6) is 5.75 Å². The van der Waals surface area contributed by atoms with Gasteiger partial charge < -0.3 is 14.2 Å². The molecule has 0 atom stereocenters. The number of aromatic nitrogens is 2. The first kappa shape index (κ1) is 24.5. The molecule has 7 nitrogen and oxygen atoms in total. The van der Waals surface area contributed by atoms with E-state index in [1.54, 1.807) is 54.6 Å². The molecule has 0 spiro atoms. The number of carbonyl (C=O) groups excluding carboxylic acids is 2. The highest BCUT2D eigenvalue weighted by atomic mass is 19.2. The zero-order chi connectivity index (χ0) is 25.8. The Morgan fingerprint density at radius 1 is 0.833 bits per heavy atom. The Morgan fingerprint density at radius 2 is 1.50 bits per heavy atom. The average molecular weight is 496 g/mol. The Bertz CT molecular complexity index is 1440. The predicted molar refractivity (Wildman–Crippen MR) is 122 cm³/mol. The van der Waals surface area contributed by atoms with Crippen LogP contribution in [0.25, 0.3) is 16.9 Å². The van der Waals surface area contributed by atoms with Crippen LogP contribution in [0.1, 0.15) is 26.4 Å². The van der Waals surface area contributed by atoms with Crippen LogP contribution >= 0.6 is 0 Å². The summed E-state index contributed by atoms with van der Waals surface area (Å²) < 4.78 is 57.5. The molecule has 0 fully saturated rings. The summed E-state index contributed by atoms with van der Waals surface area (Å²) in [4.78, 5) is 25.6. The van der Waals surface area contributed by atoms with E-state index < -0.39 is 35.1 Å². The molecule has 10 heteroatoms. The van der Waals surface area contributed by atoms with Gasteiger partial charge in [-0.15, -0.1) is 0 Å². The van der Waals surface area contributed by atoms with Crippen LogP contribution in [0.3, 0.4) is 0 Å². The number of ether oxygens (including phenoxy) is 3. The maximum Gasteiger partial charge on any atom is 0.357 e. The largest absolute Gasteiger partial charge is 0.486 e. The lowest BCUT2D eigenvalue weighted by molar-refractivity contribution is 0.0549. The van der Waals surface area contributed by atoms with E-state index in [0.717, 1.165) is 19.2 Å². The van der Waals surface area contributed by atoms with E-state index in [0.29, 0.717) is 16.8 Å². The molecule has 0 aliphatic carbocycles. The van der Waals surface area contributed by atoms with Crippen molar-refractivity contribution in [3.63, 3.8) is 0 Å². The summed E-state index contributed by atoms with van der Waals surface area (Å²) in [7, 11) is 2.33. The van der Waals surface area contributed by atoms with Crippen molar-refractivity contribution in [2.24, 2.45) is 0 Å². The van der Waals surface area contributed by atoms with Crippen LogP contribution in [0.4, 0.5) is 13.2 Å². The van der Waals surface area contributed by atoms with Crippen molar-refractivity contribution in [1.82, 2.24) is 9.78 Å². The van der Waals surface area contributed by atoms with Gasteiger partial charge in [0.2, 0.25) is 5.82 Å². The van der Waals surface area contributed by atoms with Crippen molar-refractivity contribution in [2.45, 2.75) is 6.61 Å². The second-order valence-electron chi connectivity index (χ2n) is 7.42. The third kappa shape index (κ3) is 4.52. The van der Waals surface area contributed by atoms with Gasteiger partial charge in [0.25, 0.3) is 0 Å². The Labute approximate surface area is 203 Å². The molecule has 0 aliphatic rings. The Hall–Kier alpha value is -4.60. The number of para-hydroxylation sites is 1. The molecule has 0 bridgehead atoms. The van der Waals surface area contributed by atoms with Crippen LogP contribution in [-0.2, 0) is 16.1 Å². The molecular weight excluding hydrogens is 477 g/mol. The predicted octanol–water partition coefficient (Wildman–Crippen LogP) is 5.11. The van der Waals surface area contributed by atoms with Crippen molar-refractivity contribution >= 4 is 11.9 Å². The molecule has 0 radical (unpaired) electrons. The summed E-state index contributed by atoms with van der Waals surface area (Å²) in [5.74, 6) is -6.63. The fourth-order valence-electron chi connectivity index (χ4n) is 3.60. The molecule has 184 valence electrons. The summed E-state index contributed by atoms with van der Waals surface area (Å²) in [6, 6.07) is 16.9. The van der Waals surface area contributed by atoms with E-state index in [2.05, 4.69) is 5.10 Å². The minimum atomic E-state index is -1.65. The number of halogens is 3. The van der Waals surface area contributed by atoms with Gasteiger partial charge in [-0.05, 0) is 29.8 Å². The Balaban J connectivity index is 1.86. The first-order valence-corrected chi connectivity index (χ1v) is 10.6. The van der Waals surface area contributed by atoms with Gasteiger partial charge in [0.15, 0.2) is 23.1 Å². The first-order valence-electron chi connectivity index (χ1n) is 10.6. The molecular formula is C26H19F3N2O5. The van der Waals surface area contributed by atoms with E-state index in [-0.39, 0.29) is 23.6 Å². The summed E-state index contributed by atoms with van der Waals surface area (Å²) in [6.07, 6.45) is 0. The number of methoxy groups -OCH3 is 2. The van der Waals surface area contributed by atoms with E-state index in [4.69, 9.17) is 14.2 Å². The zero-order valence-electron chi connectivity index (χ0n) is 19.1. The van der Waals surface area contributed by atoms with Gasteiger partial charge in [-0.25, -0.2) is 23.1 Å². The van der Waals surface area contributed by atoms with Crippen LogP contribution < -0.4 is 4.74 Å². The first-order chi connectivity index (χ1) is 17.4. The molecule has 0 saturated heterocycles. The number of hydrogen-bond donors (Lipinski definition) is 0. The van der Waals surface area contributed by atoms with E-state index >= 15 is 0 Å². The quantitative estimate of drug-likeness (QED) is 0.261. The van der Waals surface area contributed by atoms with E-state index in [1.807, 2.05) is 0 Å².